The van der Waals surface area contributed by atoms with Crippen molar-refractivity contribution in [1.82, 2.24) is 5.32 Å². The fraction of sp³-hybridized carbons (Fsp3) is 0.350. The highest BCUT2D eigenvalue weighted by Gasteiger charge is 2.14. The average Bonchev–Trinajstić information content (AvgIpc) is 2.61. The predicted octanol–water partition coefficient (Wildman–Crippen LogP) is 4.26. The van der Waals surface area contributed by atoms with Crippen LogP contribution in [0.1, 0.15) is 25.8 Å². The van der Waals surface area contributed by atoms with Crippen LogP contribution in [0.3, 0.4) is 0 Å². The van der Waals surface area contributed by atoms with Crippen molar-refractivity contribution in [3.05, 3.63) is 60.2 Å². The third-order valence-electron chi connectivity index (χ3n) is 3.85. The first kappa shape index (κ1) is 21.0. The van der Waals surface area contributed by atoms with Gasteiger partial charge < -0.3 is 15.4 Å². The number of para-hydroxylation sites is 2. The first-order valence-corrected chi connectivity index (χ1v) is 8.48. The fourth-order valence-corrected chi connectivity index (χ4v) is 2.31. The Morgan fingerprint density at radius 3 is 2.48 bits per heavy atom. The zero-order chi connectivity index (χ0) is 17.2. The second-order valence-electron chi connectivity index (χ2n) is 5.78. The number of ether oxygens (including phenoxy) is 1. The summed E-state index contributed by atoms with van der Waals surface area (Å²) in [6.07, 6.45) is 0.677. The van der Waals surface area contributed by atoms with Gasteiger partial charge in [-0.1, -0.05) is 50.2 Å². The summed E-state index contributed by atoms with van der Waals surface area (Å²) in [5.41, 5.74) is 1.97. The van der Waals surface area contributed by atoms with Crippen molar-refractivity contribution < 1.29 is 9.53 Å². The van der Waals surface area contributed by atoms with Crippen LogP contribution in [0, 0.1) is 5.92 Å². The van der Waals surface area contributed by atoms with E-state index < -0.39 is 0 Å². The van der Waals surface area contributed by atoms with Gasteiger partial charge in [0.1, 0.15) is 5.75 Å². The molecule has 0 bridgehead atoms. The van der Waals surface area contributed by atoms with Crippen LogP contribution < -0.4 is 15.4 Å². The third-order valence-corrected chi connectivity index (χ3v) is 3.85. The summed E-state index contributed by atoms with van der Waals surface area (Å²) in [5.74, 6) is 0.748. The first-order valence-electron chi connectivity index (χ1n) is 8.48. The molecule has 0 saturated heterocycles. The highest BCUT2D eigenvalue weighted by molar-refractivity contribution is 5.93. The number of hydrogen-bond acceptors (Lipinski definition) is 3. The third kappa shape index (κ3) is 7.16. The van der Waals surface area contributed by atoms with Crippen LogP contribution in [0.15, 0.2) is 54.6 Å². The van der Waals surface area contributed by atoms with E-state index in [1.807, 2.05) is 61.5 Å². The molecule has 0 fully saturated rings. The minimum Gasteiger partial charge on any atom is -0.494 e. The summed E-state index contributed by atoms with van der Waals surface area (Å²) in [6, 6.07) is 17.6. The quantitative estimate of drug-likeness (QED) is 0.700. The Morgan fingerprint density at radius 1 is 1.08 bits per heavy atom. The van der Waals surface area contributed by atoms with Gasteiger partial charge in [0.15, 0.2) is 0 Å². The summed E-state index contributed by atoms with van der Waals surface area (Å²) in [5, 5.41) is 6.32. The van der Waals surface area contributed by atoms with E-state index in [0.717, 1.165) is 30.1 Å². The van der Waals surface area contributed by atoms with E-state index >= 15 is 0 Å². The number of nitrogens with one attached hydrogen (secondary N) is 2. The molecular formula is C20H27ClN2O2. The number of carbonyl (C=O) groups is 1. The summed E-state index contributed by atoms with van der Waals surface area (Å²) < 4.78 is 5.66. The zero-order valence-electron chi connectivity index (χ0n) is 14.8. The van der Waals surface area contributed by atoms with Gasteiger partial charge in [0.25, 0.3) is 0 Å². The number of anilines is 1. The molecule has 1 atom stereocenters. The number of amides is 1. The number of carbonyl (C=O) groups excluding carboxylic acids is 1. The molecule has 2 aromatic rings. The lowest BCUT2D eigenvalue weighted by atomic mass is 10.1. The van der Waals surface area contributed by atoms with Crippen LogP contribution in [-0.2, 0) is 11.3 Å². The number of rotatable bonds is 9. The van der Waals surface area contributed by atoms with Gasteiger partial charge in [-0.25, -0.2) is 0 Å². The molecule has 4 nitrogen and oxygen atoms in total. The zero-order valence-corrected chi connectivity index (χ0v) is 15.6. The lowest BCUT2D eigenvalue weighted by molar-refractivity contribution is -0.119. The van der Waals surface area contributed by atoms with Crippen molar-refractivity contribution in [2.24, 2.45) is 5.92 Å². The van der Waals surface area contributed by atoms with Crippen molar-refractivity contribution in [3.63, 3.8) is 0 Å². The Kier molecular flexibility index (Phi) is 9.66. The van der Waals surface area contributed by atoms with E-state index in [1.54, 1.807) is 0 Å². The first-order chi connectivity index (χ1) is 11.7. The van der Waals surface area contributed by atoms with Gasteiger partial charge >= 0.3 is 0 Å². The summed E-state index contributed by atoms with van der Waals surface area (Å²) in [6.45, 7) is 6.16. The molecule has 0 heterocycles. The molecule has 0 aliphatic carbocycles. The van der Waals surface area contributed by atoms with Gasteiger partial charge in [-0.2, -0.15) is 0 Å². The van der Waals surface area contributed by atoms with E-state index in [0.29, 0.717) is 13.0 Å². The Hall–Kier alpha value is -2.04. The SMILES string of the molecule is CCNCc1ccccc1NC(=O)C(C)CCOc1ccccc1.Cl. The van der Waals surface area contributed by atoms with Crippen molar-refractivity contribution in [1.29, 1.82) is 0 Å². The van der Waals surface area contributed by atoms with E-state index in [9.17, 15) is 4.79 Å². The van der Waals surface area contributed by atoms with E-state index in [-0.39, 0.29) is 24.2 Å². The maximum absolute atomic E-state index is 12.4. The Morgan fingerprint density at radius 2 is 1.76 bits per heavy atom. The highest BCUT2D eigenvalue weighted by atomic mass is 35.5. The molecule has 5 heteroatoms. The fourth-order valence-electron chi connectivity index (χ4n) is 2.31. The molecule has 136 valence electrons. The van der Waals surface area contributed by atoms with Gasteiger partial charge in [0.05, 0.1) is 6.61 Å². The standard InChI is InChI=1S/C20H26N2O2.ClH/c1-3-21-15-17-9-7-8-12-19(17)22-20(23)16(2)13-14-24-18-10-5-4-6-11-18;/h4-12,16,21H,3,13-15H2,1-2H3,(H,22,23);1H. The molecular weight excluding hydrogens is 336 g/mol. The maximum Gasteiger partial charge on any atom is 0.227 e. The van der Waals surface area contributed by atoms with Crippen LogP contribution >= 0.6 is 12.4 Å². The van der Waals surface area contributed by atoms with E-state index in [2.05, 4.69) is 17.6 Å². The topological polar surface area (TPSA) is 50.4 Å². The summed E-state index contributed by atoms with van der Waals surface area (Å²) >= 11 is 0. The van der Waals surface area contributed by atoms with Crippen molar-refractivity contribution in [3.8, 4) is 5.75 Å². The van der Waals surface area contributed by atoms with Crippen molar-refractivity contribution in [2.45, 2.75) is 26.8 Å². The molecule has 0 aromatic heterocycles. The highest BCUT2D eigenvalue weighted by Crippen LogP contribution is 2.17. The molecule has 2 rings (SSSR count). The lowest BCUT2D eigenvalue weighted by Gasteiger charge is -2.15. The van der Waals surface area contributed by atoms with Crippen LogP contribution in [0.5, 0.6) is 5.75 Å². The average molecular weight is 363 g/mol. The molecule has 1 unspecified atom stereocenters. The molecule has 2 N–H and O–H groups in total. The van der Waals surface area contributed by atoms with Crippen molar-refractivity contribution in [2.75, 3.05) is 18.5 Å². The molecule has 0 spiro atoms. The maximum atomic E-state index is 12.4. The minimum absolute atomic E-state index is 0. The van der Waals surface area contributed by atoms with E-state index in [4.69, 9.17) is 4.74 Å². The minimum atomic E-state index is -0.110. The smallest absolute Gasteiger partial charge is 0.227 e. The molecule has 0 radical (unpaired) electrons. The van der Waals surface area contributed by atoms with Gasteiger partial charge in [0.2, 0.25) is 5.91 Å². The van der Waals surface area contributed by atoms with Crippen LogP contribution in [0.25, 0.3) is 0 Å². The number of hydrogen-bond donors (Lipinski definition) is 2. The van der Waals surface area contributed by atoms with Gasteiger partial charge in [-0.05, 0) is 36.7 Å². The number of halogens is 1. The second kappa shape index (κ2) is 11.5. The lowest BCUT2D eigenvalue weighted by Crippen LogP contribution is -2.23. The monoisotopic (exact) mass is 362 g/mol. The molecule has 0 saturated carbocycles. The summed E-state index contributed by atoms with van der Waals surface area (Å²) in [7, 11) is 0. The van der Waals surface area contributed by atoms with Gasteiger partial charge in [-0.3, -0.25) is 4.79 Å². The molecule has 1 amide bonds. The van der Waals surface area contributed by atoms with Gasteiger partial charge in [-0.15, -0.1) is 12.4 Å². The predicted molar refractivity (Wildman–Crippen MR) is 105 cm³/mol. The summed E-state index contributed by atoms with van der Waals surface area (Å²) in [4.78, 5) is 12.4. The molecule has 0 aliphatic heterocycles. The van der Waals surface area contributed by atoms with Crippen LogP contribution in [0.4, 0.5) is 5.69 Å². The second-order valence-corrected chi connectivity index (χ2v) is 5.78. The van der Waals surface area contributed by atoms with Gasteiger partial charge in [0, 0.05) is 18.2 Å². The van der Waals surface area contributed by atoms with Crippen LogP contribution in [0.2, 0.25) is 0 Å². The molecule has 2 aromatic carbocycles. The van der Waals surface area contributed by atoms with E-state index in [1.165, 1.54) is 0 Å². The normalized spacial score (nSPS) is 11.3. The Balaban J connectivity index is 0.00000312. The van der Waals surface area contributed by atoms with Crippen molar-refractivity contribution >= 4 is 24.0 Å². The Labute approximate surface area is 156 Å². The molecule has 25 heavy (non-hydrogen) atoms. The molecule has 0 aliphatic rings. The largest absolute Gasteiger partial charge is 0.494 e. The Bertz CT molecular complexity index is 635. The number of benzene rings is 2. The van der Waals surface area contributed by atoms with Crippen LogP contribution in [-0.4, -0.2) is 19.1 Å².